The fraction of sp³-hybridized carbons (Fsp3) is 0.303. The quantitative estimate of drug-likeness (QED) is 0.216. The molecule has 0 spiro atoms. The first-order valence-electron chi connectivity index (χ1n) is 15.0. The van der Waals surface area contributed by atoms with E-state index < -0.39 is 12.5 Å². The SMILES string of the molecule is Cc1ccc(Oc2ccc(OC(F)F)c(-c3nn(CC4CCCN4C)cc3NC(=O)c3cnn4cccnc34)c2)cc1C(=O)N(C)C. The van der Waals surface area contributed by atoms with Crippen LogP contribution in [0.3, 0.4) is 0 Å². The lowest BCUT2D eigenvalue weighted by molar-refractivity contribution is -0.0495. The molecule has 0 radical (unpaired) electrons. The van der Waals surface area contributed by atoms with Gasteiger partial charge in [-0.25, -0.2) is 9.50 Å². The van der Waals surface area contributed by atoms with Crippen LogP contribution in [0.2, 0.25) is 0 Å². The summed E-state index contributed by atoms with van der Waals surface area (Å²) in [5, 5.41) is 11.9. The standard InChI is InChI=1S/C33H34F2N8O4/c1-20-8-9-22(15-24(20)32(45)40(2)3)46-23-10-11-28(47-33(34)35)25(16-23)29-27(19-42(39-29)18-21-7-5-13-41(21)4)38-31(44)26-17-37-43-14-6-12-36-30(26)43/h6,8-12,14-17,19,21,33H,5,7,13,18H2,1-4H3,(H,38,44). The van der Waals surface area contributed by atoms with Gasteiger partial charge in [-0.05, 0) is 75.3 Å². The van der Waals surface area contributed by atoms with E-state index >= 15 is 0 Å². The van der Waals surface area contributed by atoms with Crippen LogP contribution in [0.4, 0.5) is 14.5 Å². The zero-order valence-corrected chi connectivity index (χ0v) is 26.4. The second-order valence-electron chi connectivity index (χ2n) is 11.6. The molecule has 0 bridgehead atoms. The molecule has 2 amide bonds. The van der Waals surface area contributed by atoms with E-state index in [9.17, 15) is 18.4 Å². The van der Waals surface area contributed by atoms with Crippen molar-refractivity contribution in [3.8, 4) is 28.5 Å². The van der Waals surface area contributed by atoms with Crippen molar-refractivity contribution in [3.05, 3.63) is 83.9 Å². The summed E-state index contributed by atoms with van der Waals surface area (Å²) in [7, 11) is 5.37. The lowest BCUT2D eigenvalue weighted by atomic mass is 10.1. The molecule has 1 aliphatic rings. The molecule has 14 heteroatoms. The van der Waals surface area contributed by atoms with E-state index in [2.05, 4.69) is 20.3 Å². The third-order valence-electron chi connectivity index (χ3n) is 8.11. The predicted octanol–water partition coefficient (Wildman–Crippen LogP) is 5.34. The average Bonchev–Trinajstić information content (AvgIpc) is 3.77. The van der Waals surface area contributed by atoms with Gasteiger partial charge in [0, 0.05) is 44.3 Å². The first-order chi connectivity index (χ1) is 22.6. The Morgan fingerprint density at radius 1 is 1.13 bits per heavy atom. The topological polar surface area (TPSA) is 119 Å². The second-order valence-corrected chi connectivity index (χ2v) is 11.6. The number of carbonyl (C=O) groups is 2. The van der Waals surface area contributed by atoms with Crippen molar-refractivity contribution in [2.75, 3.05) is 33.0 Å². The Balaban J connectivity index is 1.40. The highest BCUT2D eigenvalue weighted by Crippen LogP contribution is 2.39. The number of hydrogen-bond acceptors (Lipinski definition) is 8. The molecular formula is C33H34F2N8O4. The Kier molecular flexibility index (Phi) is 8.85. The van der Waals surface area contributed by atoms with E-state index in [1.807, 2.05) is 14.0 Å². The van der Waals surface area contributed by atoms with Crippen LogP contribution in [0.5, 0.6) is 17.2 Å². The summed E-state index contributed by atoms with van der Waals surface area (Å²) in [5.74, 6) is -0.189. The number of aryl methyl sites for hydroxylation is 1. The van der Waals surface area contributed by atoms with Crippen molar-refractivity contribution < 1.29 is 27.8 Å². The molecule has 1 atom stereocenters. The Hall–Kier alpha value is -5.37. The highest BCUT2D eigenvalue weighted by molar-refractivity contribution is 6.09. The van der Waals surface area contributed by atoms with Crippen LogP contribution in [0, 0.1) is 6.92 Å². The van der Waals surface area contributed by atoms with Crippen LogP contribution in [0.15, 0.2) is 67.3 Å². The van der Waals surface area contributed by atoms with E-state index in [0.717, 1.165) is 24.9 Å². The Labute approximate surface area is 269 Å². The Morgan fingerprint density at radius 2 is 1.91 bits per heavy atom. The first kappa shape index (κ1) is 31.6. The van der Waals surface area contributed by atoms with Crippen LogP contribution in [-0.2, 0) is 6.54 Å². The summed E-state index contributed by atoms with van der Waals surface area (Å²) in [4.78, 5) is 34.2. The Bertz CT molecular complexity index is 1940. The van der Waals surface area contributed by atoms with Crippen molar-refractivity contribution in [1.29, 1.82) is 0 Å². The number of nitrogens with one attached hydrogen (secondary N) is 1. The number of aromatic nitrogens is 5. The molecule has 1 N–H and O–H groups in total. The molecular weight excluding hydrogens is 610 g/mol. The van der Waals surface area contributed by atoms with Crippen molar-refractivity contribution in [3.63, 3.8) is 0 Å². The average molecular weight is 645 g/mol. The molecule has 1 unspecified atom stereocenters. The van der Waals surface area contributed by atoms with Crippen molar-refractivity contribution in [2.45, 2.75) is 39.0 Å². The number of benzene rings is 2. The summed E-state index contributed by atoms with van der Waals surface area (Å²) >= 11 is 0. The van der Waals surface area contributed by atoms with Crippen molar-refractivity contribution in [1.82, 2.24) is 34.2 Å². The van der Waals surface area contributed by atoms with Gasteiger partial charge in [0.05, 0.1) is 24.0 Å². The van der Waals surface area contributed by atoms with Gasteiger partial charge in [0.2, 0.25) is 0 Å². The van der Waals surface area contributed by atoms with Crippen LogP contribution in [0.25, 0.3) is 16.9 Å². The molecule has 2 aromatic carbocycles. The van der Waals surface area contributed by atoms with Crippen LogP contribution in [-0.4, -0.2) is 86.3 Å². The van der Waals surface area contributed by atoms with E-state index in [0.29, 0.717) is 23.5 Å². The fourth-order valence-corrected chi connectivity index (χ4v) is 5.64. The maximum Gasteiger partial charge on any atom is 0.387 e. The van der Waals surface area contributed by atoms with Gasteiger partial charge < -0.3 is 24.6 Å². The van der Waals surface area contributed by atoms with Gasteiger partial charge in [-0.15, -0.1) is 0 Å². The number of halogens is 2. The van der Waals surface area contributed by atoms with Crippen molar-refractivity contribution >= 4 is 23.1 Å². The number of carbonyl (C=O) groups excluding carboxylic acids is 2. The number of fused-ring (bicyclic) bond motifs is 1. The van der Waals surface area contributed by atoms with E-state index in [1.54, 1.807) is 61.6 Å². The normalized spacial score (nSPS) is 14.9. The van der Waals surface area contributed by atoms with E-state index in [4.69, 9.17) is 14.6 Å². The molecule has 4 heterocycles. The summed E-state index contributed by atoms with van der Waals surface area (Å²) in [6, 6.07) is 11.4. The van der Waals surface area contributed by atoms with Crippen LogP contribution < -0.4 is 14.8 Å². The molecule has 244 valence electrons. The minimum Gasteiger partial charge on any atom is -0.457 e. The smallest absolute Gasteiger partial charge is 0.387 e. The highest BCUT2D eigenvalue weighted by Gasteiger charge is 2.26. The zero-order valence-electron chi connectivity index (χ0n) is 26.4. The number of ether oxygens (including phenoxy) is 2. The highest BCUT2D eigenvalue weighted by atomic mass is 19.3. The third-order valence-corrected chi connectivity index (χ3v) is 8.11. The lowest BCUT2D eigenvalue weighted by Gasteiger charge is -2.19. The van der Waals surface area contributed by atoms with Gasteiger partial charge >= 0.3 is 6.61 Å². The van der Waals surface area contributed by atoms with E-state index in [-0.39, 0.29) is 46.0 Å². The molecule has 1 fully saturated rings. The maximum atomic E-state index is 13.6. The summed E-state index contributed by atoms with van der Waals surface area (Å²) < 4.78 is 41.5. The van der Waals surface area contributed by atoms with E-state index in [1.165, 1.54) is 33.8 Å². The third kappa shape index (κ3) is 6.77. The Morgan fingerprint density at radius 3 is 2.66 bits per heavy atom. The van der Waals surface area contributed by atoms with Gasteiger partial charge in [0.15, 0.2) is 5.65 Å². The largest absolute Gasteiger partial charge is 0.457 e. The second kappa shape index (κ2) is 13.2. The molecule has 47 heavy (non-hydrogen) atoms. The van der Waals surface area contributed by atoms with Gasteiger partial charge in [-0.2, -0.15) is 19.0 Å². The monoisotopic (exact) mass is 644 g/mol. The molecule has 0 aliphatic carbocycles. The summed E-state index contributed by atoms with van der Waals surface area (Å²) in [5.41, 5.74) is 2.47. The molecule has 0 saturated carbocycles. The molecule has 12 nitrogen and oxygen atoms in total. The first-order valence-corrected chi connectivity index (χ1v) is 15.0. The number of nitrogens with zero attached hydrogens (tertiary/aromatic N) is 7. The molecule has 6 rings (SSSR count). The van der Waals surface area contributed by atoms with Crippen LogP contribution in [0.1, 0.15) is 39.1 Å². The number of rotatable bonds is 10. The number of likely N-dealkylation sites (tertiary alicyclic amines) is 1. The van der Waals surface area contributed by atoms with Gasteiger partial charge in [0.1, 0.15) is 28.5 Å². The lowest BCUT2D eigenvalue weighted by Crippen LogP contribution is -2.29. The maximum absolute atomic E-state index is 13.6. The number of anilines is 1. The molecule has 1 saturated heterocycles. The fourth-order valence-electron chi connectivity index (χ4n) is 5.64. The van der Waals surface area contributed by atoms with Gasteiger partial charge in [-0.3, -0.25) is 14.3 Å². The zero-order chi connectivity index (χ0) is 33.2. The molecule has 1 aliphatic heterocycles. The van der Waals surface area contributed by atoms with Crippen molar-refractivity contribution in [2.24, 2.45) is 0 Å². The summed E-state index contributed by atoms with van der Waals surface area (Å²) in [6.07, 6.45) is 8.34. The summed E-state index contributed by atoms with van der Waals surface area (Å²) in [6.45, 7) is 0.185. The minimum atomic E-state index is -3.12. The number of likely N-dealkylation sites (N-methyl/N-ethyl adjacent to an activating group) is 1. The molecule has 5 aromatic rings. The van der Waals surface area contributed by atoms with Gasteiger partial charge in [-0.1, -0.05) is 6.07 Å². The number of alkyl halides is 2. The molecule has 3 aromatic heterocycles. The van der Waals surface area contributed by atoms with Crippen LogP contribution >= 0.6 is 0 Å². The predicted molar refractivity (Wildman–Crippen MR) is 170 cm³/mol. The minimum absolute atomic E-state index is 0.156. The number of amides is 2. The van der Waals surface area contributed by atoms with Gasteiger partial charge in [0.25, 0.3) is 11.8 Å². The number of hydrogen-bond donors (Lipinski definition) is 1.